The van der Waals surface area contributed by atoms with E-state index in [-0.39, 0.29) is 24.4 Å². The van der Waals surface area contributed by atoms with Crippen molar-refractivity contribution >= 4 is 18.3 Å². The van der Waals surface area contributed by atoms with E-state index in [1.54, 1.807) is 18.2 Å². The van der Waals surface area contributed by atoms with Gasteiger partial charge in [0.25, 0.3) is 5.91 Å². The van der Waals surface area contributed by atoms with Gasteiger partial charge in [-0.2, -0.15) is 0 Å². The van der Waals surface area contributed by atoms with Crippen molar-refractivity contribution in [3.05, 3.63) is 42.5 Å². The highest BCUT2D eigenvalue weighted by Gasteiger charge is 2.25. The fraction of sp³-hybridized carbons (Fsp3) is 0.500. The number of hydrogen-bond donors (Lipinski definition) is 2. The van der Waals surface area contributed by atoms with Crippen LogP contribution in [-0.4, -0.2) is 25.1 Å². The molecular formula is C18H27ClN2O2. The topological polar surface area (TPSA) is 64.3 Å². The standard InChI is InChI=1S/C18H26N2O2.ClH/c1-2-12-22-17-11-7-6-10-15(17)18(21)20-16(13-19)14-8-4-3-5-9-14;/h2,6-7,10-11,14,16H,1,3-5,8-9,12-13,19H2,(H,20,21);1H. The molecule has 1 aromatic carbocycles. The predicted octanol–water partition coefficient (Wildman–Crippen LogP) is 3.31. The molecule has 3 N–H and O–H groups in total. The SMILES string of the molecule is C=CCOc1ccccc1C(=O)NC(CN)C1CCCCC1.Cl. The van der Waals surface area contributed by atoms with E-state index in [0.717, 1.165) is 12.8 Å². The predicted molar refractivity (Wildman–Crippen MR) is 96.3 cm³/mol. The van der Waals surface area contributed by atoms with Gasteiger partial charge in [-0.3, -0.25) is 4.79 Å². The monoisotopic (exact) mass is 338 g/mol. The summed E-state index contributed by atoms with van der Waals surface area (Å²) in [5.74, 6) is 0.962. The summed E-state index contributed by atoms with van der Waals surface area (Å²) in [5, 5.41) is 3.10. The lowest BCUT2D eigenvalue weighted by Crippen LogP contribution is -2.46. The number of hydrogen-bond acceptors (Lipinski definition) is 3. The van der Waals surface area contributed by atoms with Crippen molar-refractivity contribution in [2.24, 2.45) is 11.7 Å². The van der Waals surface area contributed by atoms with Gasteiger partial charge in [-0.05, 0) is 30.9 Å². The zero-order valence-electron chi connectivity index (χ0n) is 13.5. The zero-order valence-corrected chi connectivity index (χ0v) is 14.3. The highest BCUT2D eigenvalue weighted by Crippen LogP contribution is 2.27. The van der Waals surface area contributed by atoms with Crippen LogP contribution in [0.5, 0.6) is 5.75 Å². The van der Waals surface area contributed by atoms with Gasteiger partial charge in [-0.15, -0.1) is 12.4 Å². The molecule has 1 amide bonds. The van der Waals surface area contributed by atoms with Crippen LogP contribution in [0.15, 0.2) is 36.9 Å². The van der Waals surface area contributed by atoms with E-state index < -0.39 is 0 Å². The van der Waals surface area contributed by atoms with Gasteiger partial charge < -0.3 is 15.8 Å². The maximum atomic E-state index is 12.6. The number of nitrogens with two attached hydrogens (primary N) is 1. The Morgan fingerprint density at radius 3 is 2.70 bits per heavy atom. The quantitative estimate of drug-likeness (QED) is 0.750. The Balaban J connectivity index is 0.00000264. The number of carbonyl (C=O) groups excluding carboxylic acids is 1. The van der Waals surface area contributed by atoms with Crippen molar-refractivity contribution in [3.8, 4) is 5.75 Å². The average Bonchev–Trinajstić information content (AvgIpc) is 2.58. The summed E-state index contributed by atoms with van der Waals surface area (Å²) in [6.45, 7) is 4.49. The van der Waals surface area contributed by atoms with Crippen molar-refractivity contribution in [1.82, 2.24) is 5.32 Å². The highest BCUT2D eigenvalue weighted by molar-refractivity contribution is 5.97. The molecule has 1 atom stereocenters. The summed E-state index contributed by atoms with van der Waals surface area (Å²) in [4.78, 5) is 12.6. The maximum Gasteiger partial charge on any atom is 0.255 e. The van der Waals surface area contributed by atoms with Crippen molar-refractivity contribution < 1.29 is 9.53 Å². The molecule has 1 aromatic rings. The fourth-order valence-electron chi connectivity index (χ4n) is 3.08. The van der Waals surface area contributed by atoms with E-state index in [9.17, 15) is 4.79 Å². The number of carbonyl (C=O) groups is 1. The first-order valence-electron chi connectivity index (χ1n) is 8.10. The Morgan fingerprint density at radius 2 is 2.04 bits per heavy atom. The molecule has 0 radical (unpaired) electrons. The lowest BCUT2D eigenvalue weighted by molar-refractivity contribution is 0.0912. The Labute approximate surface area is 144 Å². The molecule has 1 unspecified atom stereocenters. The molecule has 0 heterocycles. The third-order valence-corrected chi connectivity index (χ3v) is 4.28. The molecular weight excluding hydrogens is 312 g/mol. The molecule has 0 saturated heterocycles. The Morgan fingerprint density at radius 1 is 1.35 bits per heavy atom. The minimum atomic E-state index is -0.110. The summed E-state index contributed by atoms with van der Waals surface area (Å²) in [6.07, 6.45) is 7.72. The van der Waals surface area contributed by atoms with Crippen LogP contribution < -0.4 is 15.8 Å². The number of amides is 1. The highest BCUT2D eigenvalue weighted by atomic mass is 35.5. The Hall–Kier alpha value is -1.52. The molecule has 128 valence electrons. The minimum Gasteiger partial charge on any atom is -0.489 e. The maximum absolute atomic E-state index is 12.6. The molecule has 4 nitrogen and oxygen atoms in total. The summed E-state index contributed by atoms with van der Waals surface area (Å²) in [6, 6.07) is 7.32. The largest absolute Gasteiger partial charge is 0.489 e. The number of nitrogens with one attached hydrogen (secondary N) is 1. The average molecular weight is 339 g/mol. The van der Waals surface area contributed by atoms with Gasteiger partial charge in [0.2, 0.25) is 0 Å². The van der Waals surface area contributed by atoms with E-state index >= 15 is 0 Å². The Kier molecular flexibility index (Phi) is 8.74. The molecule has 0 aliphatic heterocycles. The summed E-state index contributed by atoms with van der Waals surface area (Å²) < 4.78 is 5.56. The van der Waals surface area contributed by atoms with Crippen molar-refractivity contribution in [1.29, 1.82) is 0 Å². The lowest BCUT2D eigenvalue weighted by Gasteiger charge is -2.30. The van der Waals surface area contributed by atoms with Crippen LogP contribution in [0.25, 0.3) is 0 Å². The summed E-state index contributed by atoms with van der Waals surface area (Å²) in [5.41, 5.74) is 6.44. The summed E-state index contributed by atoms with van der Waals surface area (Å²) >= 11 is 0. The van der Waals surface area contributed by atoms with Gasteiger partial charge in [-0.25, -0.2) is 0 Å². The van der Waals surface area contributed by atoms with Gasteiger partial charge in [0.05, 0.1) is 5.56 Å². The third kappa shape index (κ3) is 5.56. The molecule has 23 heavy (non-hydrogen) atoms. The Bertz CT molecular complexity index is 502. The van der Waals surface area contributed by atoms with Gasteiger partial charge in [0.1, 0.15) is 12.4 Å². The van der Waals surface area contributed by atoms with E-state index in [0.29, 0.717) is 30.4 Å². The molecule has 1 fully saturated rings. The van der Waals surface area contributed by atoms with Crippen LogP contribution in [0.1, 0.15) is 42.5 Å². The van der Waals surface area contributed by atoms with Crippen LogP contribution in [0.3, 0.4) is 0 Å². The molecule has 0 aromatic heterocycles. The lowest BCUT2D eigenvalue weighted by atomic mass is 9.84. The van der Waals surface area contributed by atoms with Crippen LogP contribution in [0.2, 0.25) is 0 Å². The molecule has 1 aliphatic rings. The fourth-order valence-corrected chi connectivity index (χ4v) is 3.08. The smallest absolute Gasteiger partial charge is 0.255 e. The second kappa shape index (κ2) is 10.3. The van der Waals surface area contributed by atoms with Crippen LogP contribution >= 0.6 is 12.4 Å². The zero-order chi connectivity index (χ0) is 15.8. The molecule has 2 rings (SSSR count). The van der Waals surface area contributed by atoms with E-state index in [1.807, 2.05) is 12.1 Å². The number of halogens is 1. The number of ether oxygens (including phenoxy) is 1. The van der Waals surface area contributed by atoms with Gasteiger partial charge in [0.15, 0.2) is 0 Å². The first-order chi connectivity index (χ1) is 10.8. The van der Waals surface area contributed by atoms with Crippen molar-refractivity contribution in [2.45, 2.75) is 38.1 Å². The molecule has 5 heteroatoms. The first-order valence-corrected chi connectivity index (χ1v) is 8.10. The molecule has 1 saturated carbocycles. The van der Waals surface area contributed by atoms with Gasteiger partial charge in [0, 0.05) is 12.6 Å². The number of rotatable bonds is 7. The van der Waals surface area contributed by atoms with E-state index in [4.69, 9.17) is 10.5 Å². The van der Waals surface area contributed by atoms with Crippen molar-refractivity contribution in [2.75, 3.05) is 13.2 Å². The second-order valence-corrected chi connectivity index (χ2v) is 5.81. The first kappa shape index (κ1) is 19.5. The van der Waals surface area contributed by atoms with Crippen LogP contribution in [0.4, 0.5) is 0 Å². The van der Waals surface area contributed by atoms with E-state index in [1.165, 1.54) is 19.3 Å². The third-order valence-electron chi connectivity index (χ3n) is 4.28. The van der Waals surface area contributed by atoms with Crippen LogP contribution in [0, 0.1) is 5.92 Å². The molecule has 0 bridgehead atoms. The summed E-state index contributed by atoms with van der Waals surface area (Å²) in [7, 11) is 0. The second-order valence-electron chi connectivity index (χ2n) is 5.81. The molecule has 1 aliphatic carbocycles. The number of benzene rings is 1. The minimum absolute atomic E-state index is 0. The van der Waals surface area contributed by atoms with Gasteiger partial charge >= 0.3 is 0 Å². The number of para-hydroxylation sites is 1. The normalized spacial score (nSPS) is 16.0. The van der Waals surface area contributed by atoms with Crippen molar-refractivity contribution in [3.63, 3.8) is 0 Å². The molecule has 0 spiro atoms. The van der Waals surface area contributed by atoms with E-state index in [2.05, 4.69) is 11.9 Å². The van der Waals surface area contributed by atoms with Crippen LogP contribution in [-0.2, 0) is 0 Å². The van der Waals surface area contributed by atoms with Gasteiger partial charge in [-0.1, -0.05) is 44.1 Å².